The van der Waals surface area contributed by atoms with Gasteiger partial charge in [0.1, 0.15) is 5.52 Å². The Morgan fingerprint density at radius 3 is 2.60 bits per heavy atom. The Bertz CT molecular complexity index is 1430. The van der Waals surface area contributed by atoms with Gasteiger partial charge in [-0.1, -0.05) is 42.3 Å². The van der Waals surface area contributed by atoms with Crippen molar-refractivity contribution in [3.8, 4) is 0 Å². The average molecular weight is 641 g/mol. The summed E-state index contributed by atoms with van der Waals surface area (Å²) in [6, 6.07) is 15.6. The third-order valence-corrected chi connectivity index (χ3v) is 7.47. The third-order valence-electron chi connectivity index (χ3n) is 5.36. The molecule has 11 heteroatoms. The number of nitrogens with zero attached hydrogens (tertiary/aromatic N) is 3. The van der Waals surface area contributed by atoms with Gasteiger partial charge in [0.2, 0.25) is 0 Å². The zero-order chi connectivity index (χ0) is 25.1. The van der Waals surface area contributed by atoms with Crippen molar-refractivity contribution in [2.45, 2.75) is 12.8 Å². The van der Waals surface area contributed by atoms with Gasteiger partial charge in [-0.25, -0.2) is 8.51 Å². The van der Waals surface area contributed by atoms with Gasteiger partial charge in [0.25, 0.3) is 17.2 Å². The molecule has 4 rings (SSSR count). The van der Waals surface area contributed by atoms with Crippen molar-refractivity contribution in [2.75, 3.05) is 10.8 Å². The van der Waals surface area contributed by atoms with Crippen LogP contribution < -0.4 is 9.62 Å². The lowest BCUT2D eigenvalue weighted by Crippen LogP contribution is -2.30. The fraction of sp³-hybridized carbons (Fsp3) is 0.125. The standard InChI is InChI=1S/C24H19Cl2IN4O3S/c1-14(15-5-8-18(25)19(26)11-15)13-30-24(32)17-7-6-16(27)12-22(17)31(35(33)34)21-4-2-3-20-23(21)29-10-9-28-20/h2-12,14H,13H2,1H3,(H,30,32)(H,33,34). The first-order valence-corrected chi connectivity index (χ1v) is 13.3. The Labute approximate surface area is 228 Å². The van der Waals surface area contributed by atoms with E-state index in [4.69, 9.17) is 23.2 Å². The lowest BCUT2D eigenvalue weighted by Gasteiger charge is -2.24. The second-order valence-electron chi connectivity index (χ2n) is 7.67. The summed E-state index contributed by atoms with van der Waals surface area (Å²) >= 11 is 11.7. The number of amides is 1. The van der Waals surface area contributed by atoms with Gasteiger partial charge in [-0.05, 0) is 76.5 Å². The van der Waals surface area contributed by atoms with Crippen molar-refractivity contribution < 1.29 is 13.6 Å². The fourth-order valence-electron chi connectivity index (χ4n) is 3.58. The number of fused-ring (bicyclic) bond motifs is 1. The maximum Gasteiger partial charge on any atom is 0.266 e. The van der Waals surface area contributed by atoms with Gasteiger partial charge >= 0.3 is 0 Å². The molecule has 0 aliphatic heterocycles. The highest BCUT2D eigenvalue weighted by molar-refractivity contribution is 14.1. The minimum absolute atomic E-state index is 0.0440. The van der Waals surface area contributed by atoms with Gasteiger partial charge in [-0.15, -0.1) is 0 Å². The topological polar surface area (TPSA) is 95.4 Å². The van der Waals surface area contributed by atoms with Gasteiger partial charge in [0, 0.05) is 22.5 Å². The molecule has 0 aliphatic carbocycles. The molecule has 0 radical (unpaired) electrons. The molecule has 35 heavy (non-hydrogen) atoms. The number of rotatable bonds is 7. The van der Waals surface area contributed by atoms with E-state index < -0.39 is 11.3 Å². The number of benzene rings is 3. The molecule has 4 aromatic rings. The minimum Gasteiger partial charge on any atom is -0.351 e. The van der Waals surface area contributed by atoms with Crippen LogP contribution in [0.2, 0.25) is 10.0 Å². The van der Waals surface area contributed by atoms with E-state index in [0.717, 1.165) is 9.13 Å². The highest BCUT2D eigenvalue weighted by Gasteiger charge is 2.25. The fourth-order valence-corrected chi connectivity index (χ4v) is 5.00. The highest BCUT2D eigenvalue weighted by Crippen LogP contribution is 2.35. The summed E-state index contributed by atoms with van der Waals surface area (Å²) in [6.45, 7) is 2.28. The van der Waals surface area contributed by atoms with Crippen molar-refractivity contribution in [1.29, 1.82) is 0 Å². The average Bonchev–Trinajstić information content (AvgIpc) is 2.84. The van der Waals surface area contributed by atoms with Crippen LogP contribution in [0.25, 0.3) is 11.0 Å². The molecule has 0 fully saturated rings. The zero-order valence-electron chi connectivity index (χ0n) is 18.3. The number of anilines is 2. The molecule has 0 spiro atoms. The molecule has 0 saturated heterocycles. The summed E-state index contributed by atoms with van der Waals surface area (Å²) in [5.74, 6) is -0.428. The largest absolute Gasteiger partial charge is 0.351 e. The Kier molecular flexibility index (Phi) is 8.23. The van der Waals surface area contributed by atoms with Crippen molar-refractivity contribution in [3.05, 3.63) is 91.7 Å². The maximum absolute atomic E-state index is 13.3. The predicted octanol–water partition coefficient (Wildman–Crippen LogP) is 6.35. The molecule has 2 N–H and O–H groups in total. The number of hydrogen-bond donors (Lipinski definition) is 2. The molecule has 0 saturated carbocycles. The lowest BCUT2D eigenvalue weighted by atomic mass is 10.0. The first kappa shape index (κ1) is 25.8. The van der Waals surface area contributed by atoms with Gasteiger partial charge in [-0.2, -0.15) is 0 Å². The van der Waals surface area contributed by atoms with Gasteiger partial charge in [-0.3, -0.25) is 19.3 Å². The number of carbonyl (C=O) groups excluding carboxylic acids is 1. The van der Waals surface area contributed by atoms with Crippen LogP contribution in [0.5, 0.6) is 0 Å². The first-order valence-electron chi connectivity index (χ1n) is 10.4. The van der Waals surface area contributed by atoms with Crippen LogP contribution in [-0.4, -0.2) is 31.2 Å². The van der Waals surface area contributed by atoms with E-state index in [2.05, 4.69) is 37.9 Å². The van der Waals surface area contributed by atoms with Crippen LogP contribution in [0.4, 0.5) is 11.4 Å². The molecule has 1 aromatic heterocycles. The van der Waals surface area contributed by atoms with Gasteiger partial charge in [0.15, 0.2) is 0 Å². The molecule has 0 aliphatic rings. The van der Waals surface area contributed by atoms with Gasteiger partial charge < -0.3 is 5.32 Å². The summed E-state index contributed by atoms with van der Waals surface area (Å²) in [6.07, 6.45) is 3.06. The molecular formula is C24H19Cl2IN4O3S. The van der Waals surface area contributed by atoms with E-state index in [1.807, 2.05) is 13.0 Å². The molecule has 7 nitrogen and oxygen atoms in total. The minimum atomic E-state index is -2.49. The van der Waals surface area contributed by atoms with Crippen LogP contribution >= 0.6 is 45.8 Å². The van der Waals surface area contributed by atoms with Crippen LogP contribution in [0, 0.1) is 3.57 Å². The molecule has 0 bridgehead atoms. The van der Waals surface area contributed by atoms with E-state index in [1.165, 1.54) is 10.5 Å². The van der Waals surface area contributed by atoms with Crippen LogP contribution in [0.1, 0.15) is 28.8 Å². The van der Waals surface area contributed by atoms with Crippen molar-refractivity contribution >= 4 is 85.4 Å². The number of para-hydroxylation sites is 1. The number of aromatic nitrogens is 2. The second-order valence-corrected chi connectivity index (χ2v) is 10.6. The highest BCUT2D eigenvalue weighted by atomic mass is 127. The van der Waals surface area contributed by atoms with Crippen LogP contribution in [-0.2, 0) is 11.3 Å². The number of halogens is 3. The molecule has 3 aromatic carbocycles. The molecule has 1 amide bonds. The zero-order valence-corrected chi connectivity index (χ0v) is 22.8. The smallest absolute Gasteiger partial charge is 0.266 e. The SMILES string of the molecule is CC(CNC(=O)c1ccc(I)cc1N(c1cccc2nccnc12)S(=O)O)c1ccc(Cl)c(Cl)c1. The molecular weight excluding hydrogens is 622 g/mol. The summed E-state index contributed by atoms with van der Waals surface area (Å²) in [5.41, 5.74) is 2.81. The molecule has 2 unspecified atom stereocenters. The Morgan fingerprint density at radius 2 is 1.86 bits per heavy atom. The summed E-state index contributed by atoms with van der Waals surface area (Å²) in [7, 11) is 0. The Hall–Kier alpha value is -2.31. The number of hydrogen-bond acceptors (Lipinski definition) is 4. The summed E-state index contributed by atoms with van der Waals surface area (Å²) in [4.78, 5) is 21.9. The van der Waals surface area contributed by atoms with E-state index in [1.54, 1.807) is 54.7 Å². The monoisotopic (exact) mass is 640 g/mol. The molecule has 2 atom stereocenters. The van der Waals surface area contributed by atoms with E-state index >= 15 is 0 Å². The molecule has 180 valence electrons. The quantitative estimate of drug-likeness (QED) is 0.181. The van der Waals surface area contributed by atoms with Gasteiger partial charge in [0.05, 0.1) is 32.5 Å². The first-order chi connectivity index (χ1) is 16.8. The van der Waals surface area contributed by atoms with Crippen LogP contribution in [0.15, 0.2) is 67.0 Å². The van der Waals surface area contributed by atoms with Crippen molar-refractivity contribution in [3.63, 3.8) is 0 Å². The summed E-state index contributed by atoms with van der Waals surface area (Å²) < 4.78 is 24.8. The van der Waals surface area contributed by atoms with Crippen molar-refractivity contribution in [2.24, 2.45) is 0 Å². The van der Waals surface area contributed by atoms with Crippen molar-refractivity contribution in [1.82, 2.24) is 15.3 Å². The lowest BCUT2D eigenvalue weighted by molar-refractivity contribution is 0.0952. The number of carbonyl (C=O) groups is 1. The Balaban J connectivity index is 1.67. The van der Waals surface area contributed by atoms with Crippen LogP contribution in [0.3, 0.4) is 0 Å². The Morgan fingerprint density at radius 1 is 1.09 bits per heavy atom. The number of nitrogens with one attached hydrogen (secondary N) is 1. The predicted molar refractivity (Wildman–Crippen MR) is 149 cm³/mol. The molecule has 1 heterocycles. The van der Waals surface area contributed by atoms with E-state index in [0.29, 0.717) is 33.3 Å². The maximum atomic E-state index is 13.3. The summed E-state index contributed by atoms with van der Waals surface area (Å²) in [5, 5.41) is 3.83. The normalized spacial score (nSPS) is 12.8. The van der Waals surface area contributed by atoms with E-state index in [9.17, 15) is 13.6 Å². The van der Waals surface area contributed by atoms with E-state index in [-0.39, 0.29) is 23.1 Å². The second kappa shape index (κ2) is 11.2. The third kappa shape index (κ3) is 5.75.